The van der Waals surface area contributed by atoms with Gasteiger partial charge >= 0.3 is 6.18 Å². The van der Waals surface area contributed by atoms with Gasteiger partial charge in [-0.05, 0) is 66.6 Å². The van der Waals surface area contributed by atoms with Crippen LogP contribution in [0.2, 0.25) is 0 Å². The number of hydrogen-bond donors (Lipinski definition) is 2. The number of carbonyl (C=O) groups is 2. The normalized spacial score (nSPS) is 17.7. The lowest BCUT2D eigenvalue weighted by Gasteiger charge is -2.34. The smallest absolute Gasteiger partial charge is 0.366 e. The SMILES string of the molecule is NC(=O)c1cc(-c2cc3sc(-c4ccccc4)nc3nc2C(Cc2cc(F)cc(F)c2)NC(=O)Cn2nc(C(F)(F)F)c3c2C(F)(F)[C@@H]2CC[C@H]32)ccc1F. The number of halogens is 8. The molecule has 2 aliphatic carbocycles. The first-order valence-electron chi connectivity index (χ1n) is 16.9. The number of fused-ring (bicyclic) bond motifs is 4. The molecule has 3 aromatic heterocycles. The first-order valence-corrected chi connectivity index (χ1v) is 17.7. The maximum absolute atomic E-state index is 15.6. The highest BCUT2D eigenvalue weighted by Gasteiger charge is 2.63. The summed E-state index contributed by atoms with van der Waals surface area (Å²) >= 11 is 1.24. The molecule has 8 nitrogen and oxygen atoms in total. The van der Waals surface area contributed by atoms with Crippen molar-refractivity contribution in [3.8, 4) is 21.7 Å². The number of nitrogens with two attached hydrogens (primary N) is 1. The molecule has 0 aliphatic heterocycles. The summed E-state index contributed by atoms with van der Waals surface area (Å²) in [4.78, 5) is 35.4. The maximum atomic E-state index is 15.6. The molecule has 17 heteroatoms. The lowest BCUT2D eigenvalue weighted by molar-refractivity contribution is -0.144. The zero-order valence-electron chi connectivity index (χ0n) is 28.1. The van der Waals surface area contributed by atoms with E-state index in [9.17, 15) is 35.9 Å². The Bertz CT molecular complexity index is 2500. The quantitative estimate of drug-likeness (QED) is 0.143. The maximum Gasteiger partial charge on any atom is 0.435 e. The first-order chi connectivity index (χ1) is 26.1. The average molecular weight is 783 g/mol. The Kier molecular flexibility index (Phi) is 8.74. The van der Waals surface area contributed by atoms with Gasteiger partial charge in [0.2, 0.25) is 5.91 Å². The van der Waals surface area contributed by atoms with E-state index in [0.29, 0.717) is 20.5 Å². The molecule has 3 aromatic carbocycles. The van der Waals surface area contributed by atoms with Crippen LogP contribution < -0.4 is 11.1 Å². The molecule has 282 valence electrons. The summed E-state index contributed by atoms with van der Waals surface area (Å²) in [5.41, 5.74) is 3.16. The van der Waals surface area contributed by atoms with Crippen LogP contribution in [0, 0.1) is 23.4 Å². The third-order valence-electron chi connectivity index (χ3n) is 9.98. The van der Waals surface area contributed by atoms with Gasteiger partial charge in [-0.3, -0.25) is 14.3 Å². The molecule has 6 aromatic rings. The van der Waals surface area contributed by atoms with E-state index in [1.54, 1.807) is 18.2 Å². The average Bonchev–Trinajstić information content (AvgIpc) is 3.72. The molecule has 3 N–H and O–H groups in total. The highest BCUT2D eigenvalue weighted by molar-refractivity contribution is 7.21. The van der Waals surface area contributed by atoms with E-state index in [0.717, 1.165) is 29.8 Å². The van der Waals surface area contributed by atoms with Crippen molar-refractivity contribution in [1.82, 2.24) is 25.1 Å². The number of rotatable bonds is 9. The first kappa shape index (κ1) is 36.3. The number of benzene rings is 3. The fourth-order valence-corrected chi connectivity index (χ4v) is 8.43. The van der Waals surface area contributed by atoms with Gasteiger partial charge in [0, 0.05) is 28.7 Å². The second-order valence-corrected chi connectivity index (χ2v) is 14.5. The molecule has 1 saturated carbocycles. The van der Waals surface area contributed by atoms with E-state index in [4.69, 9.17) is 10.7 Å². The molecule has 2 aliphatic rings. The van der Waals surface area contributed by atoms with Crippen LogP contribution in [-0.2, 0) is 29.9 Å². The van der Waals surface area contributed by atoms with Gasteiger partial charge in [-0.1, -0.05) is 36.4 Å². The van der Waals surface area contributed by atoms with Gasteiger partial charge in [-0.15, -0.1) is 11.3 Å². The second-order valence-electron chi connectivity index (χ2n) is 13.5. The predicted octanol–water partition coefficient (Wildman–Crippen LogP) is 8.46. The molecular formula is C38H26F8N6O2S. The summed E-state index contributed by atoms with van der Waals surface area (Å²) in [7, 11) is 0. The summed E-state index contributed by atoms with van der Waals surface area (Å²) in [5, 5.41) is 6.62. The van der Waals surface area contributed by atoms with Crippen molar-refractivity contribution in [3.63, 3.8) is 0 Å². The van der Waals surface area contributed by atoms with Crippen LogP contribution in [0.15, 0.2) is 72.8 Å². The highest BCUT2D eigenvalue weighted by Crippen LogP contribution is 2.64. The van der Waals surface area contributed by atoms with Gasteiger partial charge in [0.05, 0.1) is 22.0 Å². The van der Waals surface area contributed by atoms with E-state index in [1.165, 1.54) is 17.4 Å². The zero-order chi connectivity index (χ0) is 39.0. The minimum atomic E-state index is -5.07. The van der Waals surface area contributed by atoms with Crippen LogP contribution in [0.3, 0.4) is 0 Å². The fourth-order valence-electron chi connectivity index (χ4n) is 7.47. The number of hydrogen-bond acceptors (Lipinski definition) is 6. The number of thiazole rings is 1. The number of nitrogens with zero attached hydrogens (tertiary/aromatic N) is 4. The molecule has 2 amide bonds. The van der Waals surface area contributed by atoms with Gasteiger partial charge in [-0.25, -0.2) is 23.1 Å². The summed E-state index contributed by atoms with van der Waals surface area (Å²) in [6.07, 6.45) is -5.34. The molecule has 0 saturated heterocycles. The van der Waals surface area contributed by atoms with Gasteiger partial charge in [-0.2, -0.15) is 27.1 Å². The molecule has 1 unspecified atom stereocenters. The van der Waals surface area contributed by atoms with Gasteiger partial charge in [0.15, 0.2) is 11.3 Å². The lowest BCUT2D eigenvalue weighted by Crippen LogP contribution is -2.36. The second kappa shape index (κ2) is 13.2. The van der Waals surface area contributed by atoms with Crippen LogP contribution in [0.1, 0.15) is 63.4 Å². The Hall–Kier alpha value is -5.71. The number of nitrogens with one attached hydrogen (secondary N) is 1. The topological polar surface area (TPSA) is 116 Å². The largest absolute Gasteiger partial charge is 0.435 e. The van der Waals surface area contributed by atoms with Crippen LogP contribution in [0.5, 0.6) is 0 Å². The number of alkyl halides is 5. The Labute approximate surface area is 310 Å². The molecule has 55 heavy (non-hydrogen) atoms. The zero-order valence-corrected chi connectivity index (χ0v) is 28.9. The number of amides is 2. The van der Waals surface area contributed by atoms with E-state index >= 15 is 8.78 Å². The Morgan fingerprint density at radius 2 is 1.67 bits per heavy atom. The van der Waals surface area contributed by atoms with Crippen LogP contribution >= 0.6 is 11.3 Å². The number of aromatic nitrogens is 4. The van der Waals surface area contributed by atoms with E-state index in [2.05, 4.69) is 15.4 Å². The van der Waals surface area contributed by atoms with Gasteiger partial charge in [0.25, 0.3) is 11.8 Å². The molecular weight excluding hydrogens is 757 g/mol. The van der Waals surface area contributed by atoms with Crippen LogP contribution in [0.25, 0.3) is 32.0 Å². The standard InChI is InChI=1S/C38H26F8N6O2S/c39-20-10-17(11-21(40)14-20)12-27(48-29(53)16-52-33-30(32(51-52)38(44,45)46)22-7-8-25(22)37(33,42)43)31-23(19-6-9-26(41)24(13-19)34(47)54)15-28-35(49-31)50-36(55-28)18-4-2-1-3-5-18/h1-6,9-11,13-15,22,25,27H,7-8,12,16H2,(H2,47,54)(H,48,53)/t22-,25+,27?/m0/s1. The molecule has 1 fully saturated rings. The molecule has 3 atom stereocenters. The van der Waals surface area contributed by atoms with E-state index in [-0.39, 0.29) is 47.3 Å². The lowest BCUT2D eigenvalue weighted by atomic mass is 9.73. The fraction of sp³-hybridized carbons (Fsp3) is 0.237. The summed E-state index contributed by atoms with van der Waals surface area (Å²) in [5.74, 6) is -11.1. The third-order valence-corrected chi connectivity index (χ3v) is 11.0. The number of carbonyl (C=O) groups excluding carboxylic acids is 2. The van der Waals surface area contributed by atoms with Crippen LogP contribution in [0.4, 0.5) is 35.1 Å². The van der Waals surface area contributed by atoms with Crippen LogP contribution in [-0.4, -0.2) is 31.6 Å². The van der Waals surface area contributed by atoms with Gasteiger partial charge in [0.1, 0.15) is 34.7 Å². The minimum absolute atomic E-state index is 0.00247. The Morgan fingerprint density at radius 3 is 2.33 bits per heavy atom. The predicted molar refractivity (Wildman–Crippen MR) is 184 cm³/mol. The van der Waals surface area contributed by atoms with Gasteiger partial charge < -0.3 is 11.1 Å². The summed E-state index contributed by atoms with van der Waals surface area (Å²) in [6.45, 7) is -1.07. The van der Waals surface area contributed by atoms with Crippen molar-refractivity contribution in [3.05, 3.63) is 124 Å². The molecule has 0 bridgehead atoms. The molecule has 0 radical (unpaired) electrons. The monoisotopic (exact) mass is 782 g/mol. The van der Waals surface area contributed by atoms with Crippen molar-refractivity contribution in [2.75, 3.05) is 0 Å². The number of pyridine rings is 1. The van der Waals surface area contributed by atoms with E-state index in [1.807, 2.05) is 18.2 Å². The minimum Gasteiger partial charge on any atom is -0.366 e. The summed E-state index contributed by atoms with van der Waals surface area (Å²) in [6, 6.07) is 15.4. The van der Waals surface area contributed by atoms with Crippen molar-refractivity contribution in [2.24, 2.45) is 11.7 Å². The number of primary amides is 1. The third kappa shape index (κ3) is 6.49. The van der Waals surface area contributed by atoms with E-state index < -0.39 is 88.3 Å². The van der Waals surface area contributed by atoms with Crippen molar-refractivity contribution >= 4 is 33.5 Å². The van der Waals surface area contributed by atoms with Crippen molar-refractivity contribution in [2.45, 2.75) is 49.9 Å². The Balaban J connectivity index is 1.26. The molecule has 0 spiro atoms. The van der Waals surface area contributed by atoms with Crippen molar-refractivity contribution < 1.29 is 44.7 Å². The summed E-state index contributed by atoms with van der Waals surface area (Å²) < 4.78 is 118. The highest BCUT2D eigenvalue weighted by atomic mass is 32.1. The Morgan fingerprint density at radius 1 is 0.945 bits per heavy atom. The molecule has 8 rings (SSSR count). The molecule has 3 heterocycles. The van der Waals surface area contributed by atoms with Crippen molar-refractivity contribution in [1.29, 1.82) is 0 Å².